The summed E-state index contributed by atoms with van der Waals surface area (Å²) in [6.07, 6.45) is 0. The van der Waals surface area contributed by atoms with Crippen LogP contribution in [0, 0.1) is 5.82 Å². The highest BCUT2D eigenvalue weighted by molar-refractivity contribution is 6.08. The fourth-order valence-electron chi connectivity index (χ4n) is 2.47. The molecule has 126 valence electrons. The number of hydrogen-bond donors (Lipinski definition) is 2. The predicted octanol–water partition coefficient (Wildman–Crippen LogP) is 3.24. The fourth-order valence-corrected chi connectivity index (χ4v) is 2.47. The molecule has 1 atom stereocenters. The van der Waals surface area contributed by atoms with E-state index in [1.54, 1.807) is 42.5 Å². The van der Waals surface area contributed by atoms with Gasteiger partial charge < -0.3 is 10.4 Å². The number of benzene rings is 2. The molecule has 0 fully saturated rings. The van der Waals surface area contributed by atoms with Crippen molar-refractivity contribution in [2.45, 2.75) is 13.0 Å². The summed E-state index contributed by atoms with van der Waals surface area (Å²) in [5, 5.41) is 12.1. The molecule has 0 radical (unpaired) electrons. The Morgan fingerprint density at radius 2 is 1.80 bits per heavy atom. The highest BCUT2D eigenvalue weighted by Crippen LogP contribution is 2.25. The number of fused-ring (bicyclic) bond motifs is 1. The number of amides is 1. The molecular formula is C19H15FN2O3. The average Bonchev–Trinajstić information content (AvgIpc) is 2.61. The van der Waals surface area contributed by atoms with Crippen molar-refractivity contribution in [1.82, 2.24) is 10.3 Å². The van der Waals surface area contributed by atoms with Crippen LogP contribution in [0.4, 0.5) is 4.39 Å². The normalized spacial score (nSPS) is 11.9. The average molecular weight is 338 g/mol. The van der Waals surface area contributed by atoms with Crippen LogP contribution in [-0.4, -0.2) is 28.0 Å². The van der Waals surface area contributed by atoms with Crippen LogP contribution in [-0.2, 0) is 4.79 Å². The molecule has 2 N–H and O–H groups in total. The lowest BCUT2D eigenvalue weighted by Gasteiger charge is -2.12. The first-order chi connectivity index (χ1) is 12.0. The molecule has 1 heterocycles. The van der Waals surface area contributed by atoms with E-state index in [-0.39, 0.29) is 5.82 Å². The summed E-state index contributed by atoms with van der Waals surface area (Å²) in [6, 6.07) is 13.4. The lowest BCUT2D eigenvalue weighted by atomic mass is 10.0. The number of rotatable bonds is 4. The Bertz CT molecular complexity index is 955. The molecule has 2 aromatic carbocycles. The number of hydrogen-bond acceptors (Lipinski definition) is 3. The number of para-hydroxylation sites is 1. The molecule has 0 spiro atoms. The van der Waals surface area contributed by atoms with Gasteiger partial charge >= 0.3 is 5.97 Å². The van der Waals surface area contributed by atoms with E-state index in [0.717, 1.165) is 0 Å². The molecular weight excluding hydrogens is 323 g/mol. The molecule has 0 saturated heterocycles. The first-order valence-electron chi connectivity index (χ1n) is 7.65. The summed E-state index contributed by atoms with van der Waals surface area (Å²) >= 11 is 0. The van der Waals surface area contributed by atoms with Crippen LogP contribution < -0.4 is 5.32 Å². The number of aromatic nitrogens is 1. The van der Waals surface area contributed by atoms with E-state index in [2.05, 4.69) is 10.3 Å². The number of nitrogens with zero attached hydrogens (tertiary/aromatic N) is 1. The standard InChI is InChI=1S/C19H15FN2O3/c1-11(19(24)25)21-18(23)15-10-17(12-6-8-13(20)9-7-12)22-16-5-3-2-4-14(15)16/h2-11H,1H3,(H,21,23)(H,24,25)/t11-/m0/s1. The van der Waals surface area contributed by atoms with Gasteiger partial charge in [0.25, 0.3) is 5.91 Å². The Balaban J connectivity index is 2.11. The molecule has 0 unspecified atom stereocenters. The monoisotopic (exact) mass is 338 g/mol. The van der Waals surface area contributed by atoms with Crippen molar-refractivity contribution >= 4 is 22.8 Å². The van der Waals surface area contributed by atoms with E-state index in [4.69, 9.17) is 5.11 Å². The van der Waals surface area contributed by atoms with Crippen LogP contribution in [0.25, 0.3) is 22.2 Å². The van der Waals surface area contributed by atoms with Crippen LogP contribution in [0.15, 0.2) is 54.6 Å². The van der Waals surface area contributed by atoms with Gasteiger partial charge in [-0.15, -0.1) is 0 Å². The van der Waals surface area contributed by atoms with Gasteiger partial charge in [0.05, 0.1) is 16.8 Å². The molecule has 0 saturated carbocycles. The quantitative estimate of drug-likeness (QED) is 0.765. The van der Waals surface area contributed by atoms with Crippen LogP contribution in [0.3, 0.4) is 0 Å². The molecule has 1 aromatic heterocycles. The molecule has 3 aromatic rings. The summed E-state index contributed by atoms with van der Waals surface area (Å²) in [4.78, 5) is 28.1. The zero-order chi connectivity index (χ0) is 18.0. The molecule has 5 nitrogen and oxygen atoms in total. The fraction of sp³-hybridized carbons (Fsp3) is 0.105. The number of aliphatic carboxylic acids is 1. The Hall–Kier alpha value is -3.28. The van der Waals surface area contributed by atoms with E-state index in [0.29, 0.717) is 27.7 Å². The molecule has 3 rings (SSSR count). The molecule has 0 aliphatic carbocycles. The van der Waals surface area contributed by atoms with Gasteiger partial charge in [0.2, 0.25) is 0 Å². The smallest absolute Gasteiger partial charge is 0.325 e. The number of carboxylic acids is 1. The molecule has 0 bridgehead atoms. The van der Waals surface area contributed by atoms with E-state index in [9.17, 15) is 14.0 Å². The number of nitrogens with one attached hydrogen (secondary N) is 1. The minimum absolute atomic E-state index is 0.318. The van der Waals surface area contributed by atoms with Crippen molar-refractivity contribution in [3.63, 3.8) is 0 Å². The number of halogens is 1. The third kappa shape index (κ3) is 3.47. The Labute approximate surface area is 143 Å². The van der Waals surface area contributed by atoms with Crippen molar-refractivity contribution in [3.05, 3.63) is 66.0 Å². The maximum absolute atomic E-state index is 13.1. The predicted molar refractivity (Wildman–Crippen MR) is 91.7 cm³/mol. The van der Waals surface area contributed by atoms with Gasteiger partial charge in [0, 0.05) is 10.9 Å². The summed E-state index contributed by atoms with van der Waals surface area (Å²) < 4.78 is 13.1. The number of carboxylic acid groups (broad SMARTS) is 1. The molecule has 0 aliphatic heterocycles. The van der Waals surface area contributed by atoms with E-state index in [1.165, 1.54) is 19.1 Å². The van der Waals surface area contributed by atoms with Gasteiger partial charge in [0.15, 0.2) is 0 Å². The van der Waals surface area contributed by atoms with Crippen LogP contribution in [0.1, 0.15) is 17.3 Å². The summed E-state index contributed by atoms with van der Waals surface area (Å²) in [5.74, 6) is -1.99. The number of carbonyl (C=O) groups excluding carboxylic acids is 1. The van der Waals surface area contributed by atoms with Gasteiger partial charge in [-0.05, 0) is 43.3 Å². The zero-order valence-corrected chi connectivity index (χ0v) is 13.4. The Kier molecular flexibility index (Phi) is 4.43. The van der Waals surface area contributed by atoms with Crippen molar-refractivity contribution in [3.8, 4) is 11.3 Å². The van der Waals surface area contributed by atoms with Gasteiger partial charge in [0.1, 0.15) is 11.9 Å². The largest absolute Gasteiger partial charge is 0.480 e. The van der Waals surface area contributed by atoms with E-state index >= 15 is 0 Å². The van der Waals surface area contributed by atoms with E-state index in [1.807, 2.05) is 0 Å². The lowest BCUT2D eigenvalue weighted by Crippen LogP contribution is -2.38. The van der Waals surface area contributed by atoms with Crippen LogP contribution in [0.5, 0.6) is 0 Å². The highest BCUT2D eigenvalue weighted by Gasteiger charge is 2.18. The molecule has 6 heteroatoms. The second kappa shape index (κ2) is 6.68. The highest BCUT2D eigenvalue weighted by atomic mass is 19.1. The van der Waals surface area contributed by atoms with Crippen molar-refractivity contribution in [1.29, 1.82) is 0 Å². The molecule has 25 heavy (non-hydrogen) atoms. The van der Waals surface area contributed by atoms with Gasteiger partial charge in [-0.3, -0.25) is 9.59 Å². The van der Waals surface area contributed by atoms with E-state index < -0.39 is 17.9 Å². The Morgan fingerprint density at radius 3 is 2.48 bits per heavy atom. The minimum Gasteiger partial charge on any atom is -0.480 e. The van der Waals surface area contributed by atoms with Gasteiger partial charge in [-0.2, -0.15) is 0 Å². The summed E-state index contributed by atoms with van der Waals surface area (Å²) in [6.45, 7) is 1.39. The summed E-state index contributed by atoms with van der Waals surface area (Å²) in [7, 11) is 0. The number of carbonyl (C=O) groups is 2. The number of pyridine rings is 1. The molecule has 1 amide bonds. The second-order valence-corrected chi connectivity index (χ2v) is 5.61. The topological polar surface area (TPSA) is 79.3 Å². The summed E-state index contributed by atoms with van der Waals surface area (Å²) in [5.41, 5.74) is 2.08. The first-order valence-corrected chi connectivity index (χ1v) is 7.65. The van der Waals surface area contributed by atoms with Gasteiger partial charge in [-0.25, -0.2) is 9.37 Å². The van der Waals surface area contributed by atoms with Crippen molar-refractivity contribution in [2.24, 2.45) is 0 Å². The van der Waals surface area contributed by atoms with Crippen molar-refractivity contribution < 1.29 is 19.1 Å². The molecule has 0 aliphatic rings. The maximum atomic E-state index is 13.1. The lowest BCUT2D eigenvalue weighted by molar-refractivity contribution is -0.138. The van der Waals surface area contributed by atoms with Crippen LogP contribution in [0.2, 0.25) is 0 Å². The second-order valence-electron chi connectivity index (χ2n) is 5.61. The minimum atomic E-state index is -1.12. The third-order valence-electron chi connectivity index (χ3n) is 3.82. The maximum Gasteiger partial charge on any atom is 0.325 e. The van der Waals surface area contributed by atoms with Gasteiger partial charge in [-0.1, -0.05) is 18.2 Å². The SMILES string of the molecule is C[C@H](NC(=O)c1cc(-c2ccc(F)cc2)nc2ccccc12)C(=O)O. The zero-order valence-electron chi connectivity index (χ0n) is 13.4. The van der Waals surface area contributed by atoms with Crippen LogP contribution >= 0.6 is 0 Å². The first kappa shape index (κ1) is 16.6. The third-order valence-corrected chi connectivity index (χ3v) is 3.82. The Morgan fingerprint density at radius 1 is 1.12 bits per heavy atom. The van der Waals surface area contributed by atoms with Crippen molar-refractivity contribution in [2.75, 3.05) is 0 Å².